The summed E-state index contributed by atoms with van der Waals surface area (Å²) in [6.07, 6.45) is 8.97. The van der Waals surface area contributed by atoms with Gasteiger partial charge in [0.1, 0.15) is 0 Å². The third kappa shape index (κ3) is 3.31. The first-order valence-electron chi connectivity index (χ1n) is 8.09. The minimum atomic E-state index is 0.0291. The van der Waals surface area contributed by atoms with Gasteiger partial charge in [0.15, 0.2) is 0 Å². The molecule has 3 nitrogen and oxygen atoms in total. The Morgan fingerprint density at radius 2 is 2.16 bits per heavy atom. The first-order valence-corrected chi connectivity index (χ1v) is 8.09. The second-order valence-electron chi connectivity index (χ2n) is 6.38. The molecule has 110 valence electrons. The molecule has 2 fully saturated rings. The first-order chi connectivity index (χ1) is 9.22. The van der Waals surface area contributed by atoms with E-state index >= 15 is 0 Å². The second-order valence-corrected chi connectivity index (χ2v) is 6.38. The van der Waals surface area contributed by atoms with Crippen molar-refractivity contribution in [1.29, 1.82) is 0 Å². The van der Waals surface area contributed by atoms with Crippen LogP contribution in [0.15, 0.2) is 0 Å². The molecule has 2 rings (SSSR count). The molecule has 3 atom stereocenters. The Morgan fingerprint density at radius 3 is 2.89 bits per heavy atom. The number of carbonyl (C=O) groups is 1. The van der Waals surface area contributed by atoms with Crippen LogP contribution >= 0.6 is 0 Å². The molecule has 1 heterocycles. The number of hydrogen-bond donors (Lipinski definition) is 1. The lowest BCUT2D eigenvalue weighted by atomic mass is 9.72. The Labute approximate surface area is 117 Å². The van der Waals surface area contributed by atoms with Gasteiger partial charge in [0, 0.05) is 13.1 Å². The standard InChI is InChI=1S/C16H29NO2/c1-3-6-13-7-5-9-16(10-8-13)12-17-11-14(16)15(18)19-4-2/h13-14,17H,3-12H2,1-2H3. The van der Waals surface area contributed by atoms with Gasteiger partial charge in [-0.05, 0) is 37.5 Å². The van der Waals surface area contributed by atoms with Crippen molar-refractivity contribution in [2.45, 2.75) is 58.8 Å². The summed E-state index contributed by atoms with van der Waals surface area (Å²) < 4.78 is 5.29. The van der Waals surface area contributed by atoms with Gasteiger partial charge in [0.05, 0.1) is 12.5 Å². The third-order valence-electron chi connectivity index (χ3n) is 5.17. The van der Waals surface area contributed by atoms with Crippen LogP contribution in [0.3, 0.4) is 0 Å². The molecule has 1 spiro atoms. The quantitative estimate of drug-likeness (QED) is 0.795. The summed E-state index contributed by atoms with van der Waals surface area (Å²) in [5.74, 6) is 1.00. The molecule has 0 amide bonds. The van der Waals surface area contributed by atoms with Crippen molar-refractivity contribution in [2.24, 2.45) is 17.3 Å². The van der Waals surface area contributed by atoms with Gasteiger partial charge >= 0.3 is 5.97 Å². The van der Waals surface area contributed by atoms with Gasteiger partial charge in [-0.15, -0.1) is 0 Å². The summed E-state index contributed by atoms with van der Waals surface area (Å²) in [4.78, 5) is 12.2. The van der Waals surface area contributed by atoms with Crippen molar-refractivity contribution in [3.63, 3.8) is 0 Å². The highest BCUT2D eigenvalue weighted by atomic mass is 16.5. The van der Waals surface area contributed by atoms with Gasteiger partial charge in [0.2, 0.25) is 0 Å². The van der Waals surface area contributed by atoms with E-state index in [1.165, 1.54) is 44.9 Å². The summed E-state index contributed by atoms with van der Waals surface area (Å²) in [5, 5.41) is 3.45. The molecule has 3 heteroatoms. The van der Waals surface area contributed by atoms with Crippen molar-refractivity contribution in [1.82, 2.24) is 5.32 Å². The molecule has 0 aromatic heterocycles. The van der Waals surface area contributed by atoms with Crippen LogP contribution in [0.1, 0.15) is 58.8 Å². The van der Waals surface area contributed by atoms with Gasteiger partial charge in [-0.25, -0.2) is 0 Å². The number of ether oxygens (including phenoxy) is 1. The Balaban J connectivity index is 2.02. The van der Waals surface area contributed by atoms with E-state index in [0.29, 0.717) is 6.61 Å². The first kappa shape index (κ1) is 14.8. The maximum absolute atomic E-state index is 12.2. The van der Waals surface area contributed by atoms with Crippen molar-refractivity contribution >= 4 is 5.97 Å². The molecule has 0 aromatic carbocycles. The fourth-order valence-corrected chi connectivity index (χ4v) is 4.11. The molecule has 19 heavy (non-hydrogen) atoms. The maximum atomic E-state index is 12.2. The number of nitrogens with one attached hydrogen (secondary N) is 1. The highest BCUT2D eigenvalue weighted by Gasteiger charge is 2.47. The van der Waals surface area contributed by atoms with Gasteiger partial charge < -0.3 is 10.1 Å². The molecule has 2 aliphatic rings. The predicted molar refractivity (Wildman–Crippen MR) is 76.9 cm³/mol. The zero-order valence-electron chi connectivity index (χ0n) is 12.5. The number of carbonyl (C=O) groups excluding carboxylic acids is 1. The molecule has 1 saturated heterocycles. The van der Waals surface area contributed by atoms with Crippen LogP contribution in [0.5, 0.6) is 0 Å². The fraction of sp³-hybridized carbons (Fsp3) is 0.938. The van der Waals surface area contributed by atoms with Crippen LogP contribution in [-0.4, -0.2) is 25.7 Å². The predicted octanol–water partition coefficient (Wildman–Crippen LogP) is 3.14. The highest BCUT2D eigenvalue weighted by Crippen LogP contribution is 2.46. The molecular weight excluding hydrogens is 238 g/mol. The zero-order valence-corrected chi connectivity index (χ0v) is 12.5. The van der Waals surface area contributed by atoms with E-state index in [9.17, 15) is 4.79 Å². The van der Waals surface area contributed by atoms with E-state index in [1.807, 2.05) is 6.92 Å². The normalized spacial score (nSPS) is 35.3. The van der Waals surface area contributed by atoms with E-state index in [2.05, 4.69) is 12.2 Å². The topological polar surface area (TPSA) is 38.3 Å². The molecule has 0 bridgehead atoms. The Kier molecular flexibility index (Phi) is 5.26. The van der Waals surface area contributed by atoms with Crippen LogP contribution in [-0.2, 0) is 9.53 Å². The minimum Gasteiger partial charge on any atom is -0.466 e. The summed E-state index contributed by atoms with van der Waals surface area (Å²) in [7, 11) is 0. The van der Waals surface area contributed by atoms with E-state index in [0.717, 1.165) is 19.0 Å². The molecule has 0 aromatic rings. The number of rotatable bonds is 4. The van der Waals surface area contributed by atoms with Crippen LogP contribution in [0.4, 0.5) is 0 Å². The zero-order chi connectivity index (χ0) is 13.7. The SMILES string of the molecule is CCCC1CCCC2(CC1)CNCC2C(=O)OCC. The molecule has 1 saturated carbocycles. The average Bonchev–Trinajstić information content (AvgIpc) is 2.69. The van der Waals surface area contributed by atoms with Crippen LogP contribution < -0.4 is 5.32 Å². The van der Waals surface area contributed by atoms with Crippen LogP contribution in [0, 0.1) is 17.3 Å². The third-order valence-corrected chi connectivity index (χ3v) is 5.17. The largest absolute Gasteiger partial charge is 0.466 e. The van der Waals surface area contributed by atoms with Gasteiger partial charge in [-0.2, -0.15) is 0 Å². The Bertz CT molecular complexity index is 305. The molecular formula is C16H29NO2. The summed E-state index contributed by atoms with van der Waals surface area (Å²) >= 11 is 0. The molecule has 0 radical (unpaired) electrons. The number of hydrogen-bond acceptors (Lipinski definition) is 3. The van der Waals surface area contributed by atoms with Gasteiger partial charge in [-0.3, -0.25) is 4.79 Å². The van der Waals surface area contributed by atoms with Crippen LogP contribution in [0.2, 0.25) is 0 Å². The minimum absolute atomic E-state index is 0.0291. The van der Waals surface area contributed by atoms with E-state index in [4.69, 9.17) is 4.74 Å². The summed E-state index contributed by atoms with van der Waals surface area (Å²) in [6, 6.07) is 0. The lowest BCUT2D eigenvalue weighted by molar-refractivity contribution is -0.151. The van der Waals surface area contributed by atoms with E-state index in [1.54, 1.807) is 0 Å². The van der Waals surface area contributed by atoms with Crippen molar-refractivity contribution in [2.75, 3.05) is 19.7 Å². The summed E-state index contributed by atoms with van der Waals surface area (Å²) in [5.41, 5.74) is 0.189. The maximum Gasteiger partial charge on any atom is 0.310 e. The Morgan fingerprint density at radius 1 is 1.32 bits per heavy atom. The highest BCUT2D eigenvalue weighted by molar-refractivity contribution is 5.74. The summed E-state index contributed by atoms with van der Waals surface area (Å²) in [6.45, 7) is 6.51. The monoisotopic (exact) mass is 267 g/mol. The van der Waals surface area contributed by atoms with Crippen molar-refractivity contribution in [3.8, 4) is 0 Å². The average molecular weight is 267 g/mol. The Hall–Kier alpha value is -0.570. The van der Waals surface area contributed by atoms with E-state index < -0.39 is 0 Å². The lowest BCUT2D eigenvalue weighted by Gasteiger charge is -2.32. The molecule has 1 aliphatic carbocycles. The lowest BCUT2D eigenvalue weighted by Crippen LogP contribution is -2.35. The van der Waals surface area contributed by atoms with Gasteiger partial charge in [-0.1, -0.05) is 32.6 Å². The van der Waals surface area contributed by atoms with E-state index in [-0.39, 0.29) is 17.3 Å². The smallest absolute Gasteiger partial charge is 0.310 e. The van der Waals surface area contributed by atoms with Gasteiger partial charge in [0.25, 0.3) is 0 Å². The van der Waals surface area contributed by atoms with Crippen LogP contribution in [0.25, 0.3) is 0 Å². The molecule has 3 unspecified atom stereocenters. The number of esters is 1. The molecule has 1 N–H and O–H groups in total. The second kappa shape index (κ2) is 6.74. The van der Waals surface area contributed by atoms with Crippen molar-refractivity contribution < 1.29 is 9.53 Å². The van der Waals surface area contributed by atoms with Crippen molar-refractivity contribution in [3.05, 3.63) is 0 Å². The fourth-order valence-electron chi connectivity index (χ4n) is 4.11. The molecule has 1 aliphatic heterocycles.